The van der Waals surface area contributed by atoms with Gasteiger partial charge in [0, 0.05) is 34.5 Å². The maximum absolute atomic E-state index is 12.4. The van der Waals surface area contributed by atoms with E-state index < -0.39 is 0 Å². The Morgan fingerprint density at radius 3 is 2.24 bits per heavy atom. The molecule has 0 radical (unpaired) electrons. The Labute approximate surface area is 227 Å². The lowest BCUT2D eigenvalue weighted by atomic mass is 10.1. The molecule has 0 aliphatic heterocycles. The topological polar surface area (TPSA) is 88.7 Å². The number of rotatable bonds is 12. The summed E-state index contributed by atoms with van der Waals surface area (Å²) in [6.07, 6.45) is 0.479. The Bertz CT molecular complexity index is 1210. The number of benzene rings is 3. The van der Waals surface area contributed by atoms with E-state index in [0.29, 0.717) is 37.0 Å². The minimum atomic E-state index is -0.256. The molecule has 0 aromatic heterocycles. The first-order chi connectivity index (χ1) is 17.7. The van der Waals surface area contributed by atoms with E-state index in [1.807, 2.05) is 88.4 Å². The number of hydrogen-bond acceptors (Lipinski definition) is 5. The molecule has 3 aromatic rings. The summed E-state index contributed by atoms with van der Waals surface area (Å²) in [5, 5.41) is 9.15. The number of amides is 2. The largest absolute Gasteiger partial charge is 0.490 e. The first-order valence-corrected chi connectivity index (χ1v) is 13.1. The highest BCUT2D eigenvalue weighted by Crippen LogP contribution is 2.34. The Kier molecular flexibility index (Phi) is 10.4. The molecular formula is C29H34BrN3O4. The van der Waals surface area contributed by atoms with Crippen LogP contribution in [-0.4, -0.2) is 25.0 Å². The number of hydrogen-bond donors (Lipinski definition) is 3. The number of nitrogens with one attached hydrogen (secondary N) is 3. The first-order valence-electron chi connectivity index (χ1n) is 12.3. The second-order valence-electron chi connectivity index (χ2n) is 9.11. The van der Waals surface area contributed by atoms with Gasteiger partial charge < -0.3 is 25.4 Å². The Balaban J connectivity index is 1.63. The van der Waals surface area contributed by atoms with Gasteiger partial charge in [0.25, 0.3) is 5.91 Å². The van der Waals surface area contributed by atoms with Crippen molar-refractivity contribution in [1.29, 1.82) is 0 Å². The van der Waals surface area contributed by atoms with Gasteiger partial charge in [-0.1, -0.05) is 53.5 Å². The van der Waals surface area contributed by atoms with E-state index in [4.69, 9.17) is 9.47 Å². The average Bonchev–Trinajstić information content (AvgIpc) is 2.84. The van der Waals surface area contributed by atoms with Crippen LogP contribution in [0.4, 0.5) is 17.1 Å². The molecular weight excluding hydrogens is 534 g/mol. The van der Waals surface area contributed by atoms with Gasteiger partial charge in [0.2, 0.25) is 5.91 Å². The predicted octanol–water partition coefficient (Wildman–Crippen LogP) is 6.77. The molecule has 0 aliphatic rings. The van der Waals surface area contributed by atoms with Crippen LogP contribution < -0.4 is 25.4 Å². The van der Waals surface area contributed by atoms with E-state index in [2.05, 4.69) is 31.9 Å². The van der Waals surface area contributed by atoms with Crippen LogP contribution in [0, 0.1) is 12.8 Å². The molecule has 37 heavy (non-hydrogen) atoms. The van der Waals surface area contributed by atoms with Gasteiger partial charge in [0.05, 0.1) is 6.61 Å². The number of aryl methyl sites for hydroxylation is 1. The van der Waals surface area contributed by atoms with Crippen molar-refractivity contribution in [1.82, 2.24) is 0 Å². The highest BCUT2D eigenvalue weighted by Gasteiger charge is 2.13. The van der Waals surface area contributed by atoms with E-state index in [-0.39, 0.29) is 18.4 Å². The van der Waals surface area contributed by atoms with Crippen LogP contribution in [0.2, 0.25) is 0 Å². The molecule has 8 heteroatoms. The number of carbonyl (C=O) groups excluding carboxylic acids is 2. The smallest absolute Gasteiger partial charge is 0.262 e. The molecule has 0 saturated carbocycles. The minimum absolute atomic E-state index is 0.000568. The highest BCUT2D eigenvalue weighted by molar-refractivity contribution is 9.10. The van der Waals surface area contributed by atoms with Gasteiger partial charge in [-0.2, -0.15) is 0 Å². The summed E-state index contributed by atoms with van der Waals surface area (Å²) < 4.78 is 12.4. The average molecular weight is 569 g/mol. The summed E-state index contributed by atoms with van der Waals surface area (Å²) >= 11 is 3.61. The van der Waals surface area contributed by atoms with Crippen LogP contribution in [0.3, 0.4) is 0 Å². The van der Waals surface area contributed by atoms with Gasteiger partial charge in [-0.25, -0.2) is 0 Å². The number of carbonyl (C=O) groups is 2. The van der Waals surface area contributed by atoms with E-state index in [1.165, 1.54) is 0 Å². The van der Waals surface area contributed by atoms with Gasteiger partial charge in [-0.15, -0.1) is 0 Å². The van der Waals surface area contributed by atoms with Crippen LogP contribution in [-0.2, 0) is 16.1 Å². The number of halogens is 1. The monoisotopic (exact) mass is 567 g/mol. The Morgan fingerprint density at radius 1 is 0.865 bits per heavy atom. The molecule has 0 bridgehead atoms. The summed E-state index contributed by atoms with van der Waals surface area (Å²) in [5.74, 6) is 1.08. The molecule has 3 aromatic carbocycles. The highest BCUT2D eigenvalue weighted by atomic mass is 79.9. The fourth-order valence-electron chi connectivity index (χ4n) is 3.56. The van der Waals surface area contributed by atoms with Crippen molar-refractivity contribution in [2.75, 3.05) is 29.2 Å². The standard InChI is InChI=1S/C29H34BrN3O4/c1-5-36-26-14-21(17-31-23-7-6-8-24(15-23)33-28(34)13-19(2)3)25(30)16-27(26)37-18-29(35)32-22-11-9-20(4)10-12-22/h6-12,14-16,19,31H,5,13,17-18H2,1-4H3,(H,32,35)(H,33,34). The third-order valence-electron chi connectivity index (χ3n) is 5.33. The molecule has 0 fully saturated rings. The molecule has 0 atom stereocenters. The number of anilines is 3. The fraction of sp³-hybridized carbons (Fsp3) is 0.310. The predicted molar refractivity (Wildman–Crippen MR) is 152 cm³/mol. The minimum Gasteiger partial charge on any atom is -0.490 e. The Morgan fingerprint density at radius 2 is 1.54 bits per heavy atom. The third kappa shape index (κ3) is 9.13. The molecule has 7 nitrogen and oxygen atoms in total. The Hall–Kier alpha value is -3.52. The molecule has 0 unspecified atom stereocenters. The molecule has 2 amide bonds. The maximum Gasteiger partial charge on any atom is 0.262 e. The van der Waals surface area contributed by atoms with Gasteiger partial charge in [-0.05, 0) is 67.8 Å². The van der Waals surface area contributed by atoms with Crippen molar-refractivity contribution in [3.8, 4) is 11.5 Å². The van der Waals surface area contributed by atoms with E-state index in [0.717, 1.165) is 32.7 Å². The quantitative estimate of drug-likeness (QED) is 0.225. The van der Waals surface area contributed by atoms with Crippen molar-refractivity contribution >= 4 is 44.8 Å². The molecule has 3 N–H and O–H groups in total. The van der Waals surface area contributed by atoms with Gasteiger partial charge in [0.15, 0.2) is 18.1 Å². The fourth-order valence-corrected chi connectivity index (χ4v) is 4.02. The van der Waals surface area contributed by atoms with Crippen molar-refractivity contribution < 1.29 is 19.1 Å². The van der Waals surface area contributed by atoms with Crippen LogP contribution in [0.15, 0.2) is 65.1 Å². The summed E-state index contributed by atoms with van der Waals surface area (Å²) in [7, 11) is 0. The zero-order valence-electron chi connectivity index (χ0n) is 21.7. The molecule has 0 spiro atoms. The molecule has 0 saturated heterocycles. The summed E-state index contributed by atoms with van der Waals surface area (Å²) in [5.41, 5.74) is 4.42. The molecule has 3 rings (SSSR count). The zero-order valence-corrected chi connectivity index (χ0v) is 23.3. The van der Waals surface area contributed by atoms with Crippen LogP contribution in [0.25, 0.3) is 0 Å². The van der Waals surface area contributed by atoms with Crippen LogP contribution in [0.1, 0.15) is 38.3 Å². The molecule has 0 aliphatic carbocycles. The van der Waals surface area contributed by atoms with E-state index in [1.54, 1.807) is 0 Å². The SMILES string of the molecule is CCOc1cc(CNc2cccc(NC(=O)CC(C)C)c2)c(Br)cc1OCC(=O)Nc1ccc(C)cc1. The van der Waals surface area contributed by atoms with Crippen LogP contribution >= 0.6 is 15.9 Å². The summed E-state index contributed by atoms with van der Waals surface area (Å²) in [6.45, 7) is 8.74. The molecule has 0 heterocycles. The third-order valence-corrected chi connectivity index (χ3v) is 6.07. The van der Waals surface area contributed by atoms with Gasteiger partial charge in [-0.3, -0.25) is 9.59 Å². The lowest BCUT2D eigenvalue weighted by molar-refractivity contribution is -0.118. The lowest BCUT2D eigenvalue weighted by Crippen LogP contribution is -2.20. The first kappa shape index (κ1) is 28.1. The molecule has 196 valence electrons. The normalized spacial score (nSPS) is 10.6. The van der Waals surface area contributed by atoms with E-state index in [9.17, 15) is 9.59 Å². The maximum atomic E-state index is 12.4. The van der Waals surface area contributed by atoms with Gasteiger partial charge >= 0.3 is 0 Å². The van der Waals surface area contributed by atoms with E-state index >= 15 is 0 Å². The van der Waals surface area contributed by atoms with Crippen molar-refractivity contribution in [3.05, 3.63) is 76.3 Å². The second kappa shape index (κ2) is 13.7. The lowest BCUT2D eigenvalue weighted by Gasteiger charge is -2.16. The van der Waals surface area contributed by atoms with Crippen molar-refractivity contribution in [2.45, 2.75) is 40.7 Å². The summed E-state index contributed by atoms with van der Waals surface area (Å²) in [4.78, 5) is 24.5. The van der Waals surface area contributed by atoms with Crippen LogP contribution in [0.5, 0.6) is 11.5 Å². The van der Waals surface area contributed by atoms with Crippen molar-refractivity contribution in [3.63, 3.8) is 0 Å². The number of ether oxygens (including phenoxy) is 2. The second-order valence-corrected chi connectivity index (χ2v) is 9.96. The van der Waals surface area contributed by atoms with Crippen molar-refractivity contribution in [2.24, 2.45) is 5.92 Å². The van der Waals surface area contributed by atoms with Gasteiger partial charge in [0.1, 0.15) is 0 Å². The summed E-state index contributed by atoms with van der Waals surface area (Å²) in [6, 6.07) is 18.9. The zero-order chi connectivity index (χ0) is 26.8.